The van der Waals surface area contributed by atoms with Gasteiger partial charge in [0.25, 0.3) is 6.47 Å². The van der Waals surface area contributed by atoms with Gasteiger partial charge in [-0.15, -0.1) is 6.42 Å². The Morgan fingerprint density at radius 1 is 0.696 bits per heavy atom. The summed E-state index contributed by atoms with van der Waals surface area (Å²) in [6.45, 7) is 16.1. The van der Waals surface area contributed by atoms with E-state index in [1.54, 1.807) is 51.4 Å². The molecule has 11 heterocycles. The average Bonchev–Trinajstić information content (AvgIpc) is 3.85. The number of hydrogen-bond donors (Lipinski definition) is 2. The monoisotopic (exact) mass is 1320 g/mol. The number of halogens is 3. The number of nitrogens with one attached hydrogen (secondary N) is 2. The number of piperazine rings is 3. The van der Waals surface area contributed by atoms with E-state index in [1.807, 2.05) is 33.2 Å². The summed E-state index contributed by atoms with van der Waals surface area (Å²) in [4.78, 5) is 44.8. The third kappa shape index (κ3) is 18.4. The number of fused-ring (bicyclic) bond motifs is 6. The molecule has 8 aliphatic heterocycles. The predicted molar refractivity (Wildman–Crippen MR) is 307 cm³/mol. The van der Waals surface area contributed by atoms with Gasteiger partial charge in [0.05, 0.1) is 44.1 Å². The zero-order valence-electron chi connectivity index (χ0n) is 38.6. The lowest BCUT2D eigenvalue weighted by molar-refractivity contribution is -0.138. The summed E-state index contributed by atoms with van der Waals surface area (Å²) in [6.07, 6.45) is 23.9. The standard InChI is InChI=1S/C15H18N4O.C13H17IN4O.C6H12N2.C5H10O2.C4H2ClIN2.S7/c1-2-11-5-16-15(17-6-11)18-7-12-3-4-13(8-18)19(12)14-9-20-10-14;14-9-3-15-13(16-4-9)17-5-10-1-2-11(6-17)18(10)12-7-19-8-12;1-2-6-4-7-3-5(1)8-6;1-5(2,3)7-4-6;5-4-7-1-3(6)2-8-4;1-3-5-7-6-4-2/h1,5-6,12-14H,3-4,7-10H2;3-4,10-12H,1-2,5-8H2;5-8H,1-4H2;4H,1-3H3;1-2H;. The summed E-state index contributed by atoms with van der Waals surface area (Å²) in [6, 6.07) is 5.47. The second kappa shape index (κ2) is 29.7. The van der Waals surface area contributed by atoms with Gasteiger partial charge in [0.15, 0.2) is 0 Å². The molecular formula is C43H59ClI2N12O4S7. The van der Waals surface area contributed by atoms with Crippen LogP contribution in [0, 0.1) is 19.5 Å². The molecule has 0 aromatic carbocycles. The summed E-state index contributed by atoms with van der Waals surface area (Å²) in [5.74, 6) is 4.26. The van der Waals surface area contributed by atoms with Crippen molar-refractivity contribution in [1.82, 2.24) is 50.3 Å². The van der Waals surface area contributed by atoms with Crippen LogP contribution in [-0.4, -0.2) is 166 Å². The van der Waals surface area contributed by atoms with Gasteiger partial charge in [-0.1, -0.05) is 5.92 Å². The first-order chi connectivity index (χ1) is 33.4. The summed E-state index contributed by atoms with van der Waals surface area (Å²) in [5, 5.41) is 7.21. The molecule has 2 N–H and O–H groups in total. The molecule has 0 aliphatic carbocycles. The maximum absolute atomic E-state index is 9.60. The van der Waals surface area contributed by atoms with E-state index in [0.29, 0.717) is 48.0 Å². The fourth-order valence-electron chi connectivity index (χ4n) is 9.34. The number of aromatic nitrogens is 6. The zero-order chi connectivity index (χ0) is 49.2. The highest BCUT2D eigenvalue weighted by Gasteiger charge is 2.47. The van der Waals surface area contributed by atoms with Crippen molar-refractivity contribution in [3.63, 3.8) is 0 Å². The van der Waals surface area contributed by atoms with Gasteiger partial charge < -0.3 is 34.6 Å². The number of carbonyl (C=O) groups is 1. The third-order valence-electron chi connectivity index (χ3n) is 12.4. The highest BCUT2D eigenvalue weighted by Crippen LogP contribution is 2.36. The molecule has 26 heteroatoms. The van der Waals surface area contributed by atoms with Crippen LogP contribution in [0.2, 0.25) is 5.28 Å². The lowest BCUT2D eigenvalue weighted by Crippen LogP contribution is -2.62. The predicted octanol–water partition coefficient (Wildman–Crippen LogP) is 4.03. The number of rotatable bonds is 5. The van der Waals surface area contributed by atoms with Gasteiger partial charge in [-0.25, -0.2) is 29.9 Å². The molecule has 0 spiro atoms. The van der Waals surface area contributed by atoms with Gasteiger partial charge in [-0.2, -0.15) is 0 Å². The van der Waals surface area contributed by atoms with Gasteiger partial charge >= 0.3 is 0 Å². The summed E-state index contributed by atoms with van der Waals surface area (Å²) in [5.41, 5.74) is 0.420. The molecule has 16 nitrogen and oxygen atoms in total. The number of ether oxygens (including phenoxy) is 3. The Balaban J connectivity index is 0.000000146. The second-order valence-corrected chi connectivity index (χ2v) is 29.8. The molecule has 6 unspecified atom stereocenters. The van der Waals surface area contributed by atoms with E-state index in [-0.39, 0.29) is 5.60 Å². The van der Waals surface area contributed by atoms with Gasteiger partial charge in [0.1, 0.15) is 5.60 Å². The fourth-order valence-corrected chi connectivity index (χ4v) is 18.2. The number of nitrogens with zero attached hydrogens (tertiary/aromatic N) is 10. The first kappa shape index (κ1) is 57.2. The minimum Gasteiger partial charge on any atom is -0.462 e. The summed E-state index contributed by atoms with van der Waals surface area (Å²) in [7, 11) is 7.36. The third-order valence-corrected chi connectivity index (χ3v) is 22.6. The molecule has 6 atom stereocenters. The van der Waals surface area contributed by atoms with E-state index in [2.05, 4.69) is 138 Å². The Kier molecular flexibility index (Phi) is 24.6. The van der Waals surface area contributed by atoms with Gasteiger partial charge in [0, 0.05) is 187 Å². The average molecular weight is 1320 g/mol. The molecule has 3 aromatic heterocycles. The van der Waals surface area contributed by atoms with E-state index >= 15 is 0 Å². The molecule has 378 valence electrons. The molecular weight excluding hydrogens is 1260 g/mol. The Hall–Kier alpha value is -1.08. The van der Waals surface area contributed by atoms with Gasteiger partial charge in [-0.05, 0) is 116 Å². The lowest BCUT2D eigenvalue weighted by atomic mass is 10.1. The zero-order valence-corrected chi connectivity index (χ0v) is 49.4. The number of hydrogen-bond acceptors (Lipinski definition) is 18. The van der Waals surface area contributed by atoms with Crippen molar-refractivity contribution >= 4 is 142 Å². The second-order valence-electron chi connectivity index (χ2n) is 18.1. The van der Waals surface area contributed by atoms with Crippen LogP contribution in [-0.2, 0) is 85.8 Å². The Morgan fingerprint density at radius 2 is 1.10 bits per heavy atom. The molecule has 8 aliphatic rings. The molecule has 6 bridgehead atoms. The van der Waals surface area contributed by atoms with E-state index in [1.165, 1.54) is 69.4 Å². The highest BCUT2D eigenvalue weighted by atomic mass is 127. The van der Waals surface area contributed by atoms with Crippen molar-refractivity contribution in [2.24, 2.45) is 0 Å². The van der Waals surface area contributed by atoms with Crippen molar-refractivity contribution in [2.45, 2.75) is 113 Å². The Bertz CT molecular complexity index is 2260. The first-order valence-corrected chi connectivity index (χ1v) is 33.2. The van der Waals surface area contributed by atoms with E-state index in [0.717, 1.165) is 89.3 Å². The maximum atomic E-state index is 9.60. The van der Waals surface area contributed by atoms with Crippen LogP contribution in [0.1, 0.15) is 64.9 Å². The Morgan fingerprint density at radius 3 is 1.41 bits per heavy atom. The molecule has 0 saturated carbocycles. The first-order valence-electron chi connectivity index (χ1n) is 22.6. The number of anilines is 2. The molecule has 3 aromatic rings. The molecule has 8 fully saturated rings. The SMILES string of the molecule is C#Cc1cnc(N2CC3CCC(C2)N3C2COC2)nc1.C1CC2CNCC1N2.CC(C)(C)OC=O.Clc1ncc(I)cn1.Ic1cnc(N2CC3CCC(C2)N3C2COC2)nc1.S=S=S=S=S=S=S. The van der Waals surface area contributed by atoms with Crippen molar-refractivity contribution in [2.75, 3.05) is 75.5 Å². The highest BCUT2D eigenvalue weighted by molar-refractivity contribution is 14.1. The van der Waals surface area contributed by atoms with Crippen LogP contribution < -0.4 is 20.4 Å². The normalized spacial score (nSPS) is 25.4. The molecule has 0 radical (unpaired) electrons. The largest absolute Gasteiger partial charge is 0.462 e. The van der Waals surface area contributed by atoms with Crippen LogP contribution in [0.25, 0.3) is 0 Å². The minimum atomic E-state index is -0.318. The molecule has 11 rings (SSSR count). The van der Waals surface area contributed by atoms with Crippen LogP contribution >= 0.6 is 56.8 Å². The smallest absolute Gasteiger partial charge is 0.293 e. The quantitative estimate of drug-likeness (QED) is 0.163. The van der Waals surface area contributed by atoms with Gasteiger partial charge in [-0.3, -0.25) is 14.6 Å². The van der Waals surface area contributed by atoms with Crippen LogP contribution in [0.4, 0.5) is 11.9 Å². The van der Waals surface area contributed by atoms with Crippen molar-refractivity contribution < 1.29 is 19.0 Å². The van der Waals surface area contributed by atoms with Crippen LogP contribution in [0.5, 0.6) is 0 Å². The van der Waals surface area contributed by atoms with Crippen LogP contribution in [0.3, 0.4) is 0 Å². The van der Waals surface area contributed by atoms with Crippen molar-refractivity contribution in [1.29, 1.82) is 0 Å². The topological polar surface area (TPSA) is 159 Å². The number of carbonyl (C=O) groups excluding carboxylic acids is 1. The van der Waals surface area contributed by atoms with E-state index in [9.17, 15) is 4.79 Å². The van der Waals surface area contributed by atoms with E-state index < -0.39 is 0 Å². The van der Waals surface area contributed by atoms with Crippen molar-refractivity contribution in [3.05, 3.63) is 55.2 Å². The lowest BCUT2D eigenvalue weighted by Gasteiger charge is -2.47. The van der Waals surface area contributed by atoms with Crippen LogP contribution in [0.15, 0.2) is 37.2 Å². The maximum Gasteiger partial charge on any atom is 0.293 e. The summed E-state index contributed by atoms with van der Waals surface area (Å²) >= 11 is 18.9. The molecule has 8 saturated heterocycles. The number of terminal acetylenes is 1. The summed E-state index contributed by atoms with van der Waals surface area (Å²) < 4.78 is 17.3. The fraction of sp³-hybridized carbons (Fsp3) is 0.651. The Labute approximate surface area is 462 Å². The minimum absolute atomic E-state index is 0.297. The van der Waals surface area contributed by atoms with Crippen molar-refractivity contribution in [3.8, 4) is 12.3 Å². The molecule has 0 amide bonds. The molecule has 69 heavy (non-hydrogen) atoms. The van der Waals surface area contributed by atoms with E-state index in [4.69, 9.17) is 27.5 Å². The van der Waals surface area contributed by atoms with Gasteiger partial charge in [0.2, 0.25) is 17.2 Å².